The first-order valence-electron chi connectivity index (χ1n) is 7.58. The normalized spacial score (nSPS) is 13.6. The van der Waals surface area contributed by atoms with Crippen LogP contribution < -0.4 is 4.74 Å². The summed E-state index contributed by atoms with van der Waals surface area (Å²) in [6.45, 7) is 1.61. The lowest BCUT2D eigenvalue weighted by Gasteiger charge is -2.06. The quantitative estimate of drug-likeness (QED) is 0.588. The maximum atomic E-state index is 12.2. The van der Waals surface area contributed by atoms with Gasteiger partial charge in [-0.2, -0.15) is 0 Å². The fraction of sp³-hybridized carbons (Fsp3) is 0.158. The molecule has 1 aliphatic rings. The van der Waals surface area contributed by atoms with Crippen LogP contribution in [0.2, 0.25) is 5.02 Å². The zero-order valence-corrected chi connectivity index (χ0v) is 13.7. The number of carbonyl (C=O) groups is 1. The number of hydrogen-bond acceptors (Lipinski definition) is 4. The predicted octanol–water partition coefficient (Wildman–Crippen LogP) is 4.04. The molecule has 0 fully saturated rings. The highest BCUT2D eigenvalue weighted by molar-refractivity contribution is 6.30. The first-order chi connectivity index (χ1) is 11.7. The molecule has 5 heteroatoms. The number of ketones is 1. The van der Waals surface area contributed by atoms with Crippen LogP contribution in [-0.2, 0) is 4.74 Å². The summed E-state index contributed by atoms with van der Waals surface area (Å²) >= 11 is 5.92. The fourth-order valence-electron chi connectivity index (χ4n) is 2.21. The smallest absolute Gasteiger partial charge is 0.222 e. The van der Waals surface area contributed by atoms with Crippen LogP contribution in [0.25, 0.3) is 6.08 Å². The molecule has 1 heterocycles. The van der Waals surface area contributed by atoms with Gasteiger partial charge in [0.1, 0.15) is 12.4 Å². The van der Waals surface area contributed by atoms with E-state index in [0.717, 1.165) is 5.56 Å². The molecule has 4 nitrogen and oxygen atoms in total. The van der Waals surface area contributed by atoms with Gasteiger partial charge in [-0.3, -0.25) is 4.79 Å². The number of halogens is 1. The van der Waals surface area contributed by atoms with E-state index in [1.807, 2.05) is 12.1 Å². The van der Waals surface area contributed by atoms with E-state index in [4.69, 9.17) is 21.1 Å². The Kier molecular flexibility index (Phi) is 5.29. The van der Waals surface area contributed by atoms with Gasteiger partial charge in [0.15, 0.2) is 12.4 Å². The van der Waals surface area contributed by atoms with Crippen molar-refractivity contribution in [2.75, 3.05) is 19.8 Å². The van der Waals surface area contributed by atoms with Gasteiger partial charge >= 0.3 is 0 Å². The third-order valence-corrected chi connectivity index (χ3v) is 3.66. The van der Waals surface area contributed by atoms with Crippen molar-refractivity contribution in [3.8, 4) is 5.75 Å². The first-order valence-corrected chi connectivity index (χ1v) is 7.95. The van der Waals surface area contributed by atoms with E-state index >= 15 is 0 Å². The molecule has 0 amide bonds. The van der Waals surface area contributed by atoms with Gasteiger partial charge in [-0.15, -0.1) is 0 Å². The number of allylic oxidation sites excluding steroid dienone is 1. The maximum absolute atomic E-state index is 12.2. The van der Waals surface area contributed by atoms with E-state index in [0.29, 0.717) is 42.0 Å². The van der Waals surface area contributed by atoms with Crippen LogP contribution in [0.5, 0.6) is 5.75 Å². The molecule has 0 spiro atoms. The third-order valence-electron chi connectivity index (χ3n) is 3.43. The molecule has 122 valence electrons. The minimum atomic E-state index is -0.0787. The van der Waals surface area contributed by atoms with E-state index in [9.17, 15) is 4.79 Å². The van der Waals surface area contributed by atoms with E-state index < -0.39 is 0 Å². The first kappa shape index (κ1) is 16.3. The Morgan fingerprint density at radius 1 is 1.25 bits per heavy atom. The molecule has 0 saturated carbocycles. The Labute approximate surface area is 145 Å². The van der Waals surface area contributed by atoms with Crippen molar-refractivity contribution in [2.45, 2.75) is 0 Å². The van der Waals surface area contributed by atoms with E-state index in [1.54, 1.807) is 42.5 Å². The van der Waals surface area contributed by atoms with Crippen molar-refractivity contribution in [3.05, 3.63) is 70.8 Å². The van der Waals surface area contributed by atoms with Crippen molar-refractivity contribution in [1.29, 1.82) is 0 Å². The molecule has 0 bridgehead atoms. The molecule has 0 radical (unpaired) electrons. The van der Waals surface area contributed by atoms with E-state index in [-0.39, 0.29) is 5.78 Å². The van der Waals surface area contributed by atoms with Crippen molar-refractivity contribution >= 4 is 29.4 Å². The maximum Gasteiger partial charge on any atom is 0.222 e. The molecule has 0 atom stereocenters. The Morgan fingerprint density at radius 2 is 2.08 bits per heavy atom. The summed E-state index contributed by atoms with van der Waals surface area (Å²) in [5, 5.41) is 0.641. The molecule has 3 rings (SSSR count). The highest BCUT2D eigenvalue weighted by Crippen LogP contribution is 2.15. The van der Waals surface area contributed by atoms with Crippen molar-refractivity contribution < 1.29 is 14.3 Å². The van der Waals surface area contributed by atoms with Gasteiger partial charge in [-0.25, -0.2) is 4.99 Å². The topological polar surface area (TPSA) is 47.9 Å². The van der Waals surface area contributed by atoms with E-state index in [2.05, 4.69) is 4.99 Å². The number of carbonyl (C=O) groups excluding carboxylic acids is 1. The summed E-state index contributed by atoms with van der Waals surface area (Å²) in [4.78, 5) is 16.3. The van der Waals surface area contributed by atoms with Crippen LogP contribution in [0, 0.1) is 0 Å². The van der Waals surface area contributed by atoms with E-state index in [1.165, 1.54) is 6.08 Å². The van der Waals surface area contributed by atoms with Gasteiger partial charge in [0, 0.05) is 10.6 Å². The number of aliphatic imine (C=N–C) groups is 1. The van der Waals surface area contributed by atoms with Crippen LogP contribution >= 0.6 is 11.6 Å². The highest BCUT2D eigenvalue weighted by atomic mass is 35.5. The predicted molar refractivity (Wildman–Crippen MR) is 95.0 cm³/mol. The van der Waals surface area contributed by atoms with Crippen molar-refractivity contribution in [2.24, 2.45) is 4.99 Å². The van der Waals surface area contributed by atoms with Crippen LogP contribution in [-0.4, -0.2) is 31.4 Å². The Morgan fingerprint density at radius 3 is 2.79 bits per heavy atom. The van der Waals surface area contributed by atoms with Crippen molar-refractivity contribution in [3.63, 3.8) is 0 Å². The molecular weight excluding hydrogens is 326 g/mol. The molecule has 24 heavy (non-hydrogen) atoms. The Hall–Kier alpha value is -2.59. The highest BCUT2D eigenvalue weighted by Gasteiger charge is 2.08. The summed E-state index contributed by atoms with van der Waals surface area (Å²) < 4.78 is 10.8. The Balaban J connectivity index is 1.59. The molecule has 1 aliphatic heterocycles. The van der Waals surface area contributed by atoms with Gasteiger partial charge in [0.05, 0.1) is 6.54 Å². The van der Waals surface area contributed by atoms with Gasteiger partial charge in [-0.1, -0.05) is 29.8 Å². The second-order valence-electron chi connectivity index (χ2n) is 5.19. The number of nitrogens with zero attached hydrogens (tertiary/aromatic N) is 1. The zero-order chi connectivity index (χ0) is 16.8. The lowest BCUT2D eigenvalue weighted by Crippen LogP contribution is -2.11. The van der Waals surface area contributed by atoms with Gasteiger partial charge < -0.3 is 9.47 Å². The minimum absolute atomic E-state index is 0.0787. The summed E-state index contributed by atoms with van der Waals surface area (Å²) in [5.41, 5.74) is 1.48. The minimum Gasteiger partial charge on any atom is -0.484 e. The monoisotopic (exact) mass is 341 g/mol. The summed E-state index contributed by atoms with van der Waals surface area (Å²) in [7, 11) is 0. The largest absolute Gasteiger partial charge is 0.484 e. The average Bonchev–Trinajstić information content (AvgIpc) is 3.12. The molecule has 2 aromatic rings. The molecule has 0 aromatic heterocycles. The number of hydrogen-bond donors (Lipinski definition) is 0. The van der Waals surface area contributed by atoms with Gasteiger partial charge in [0.2, 0.25) is 5.90 Å². The SMILES string of the molecule is O=C(/C=C/c1cccc(Cl)c1)c1ccc(OCC2=NCCO2)cc1. The number of rotatable bonds is 6. The number of benzene rings is 2. The third kappa shape index (κ3) is 4.46. The molecule has 0 unspecified atom stereocenters. The lowest BCUT2D eigenvalue weighted by molar-refractivity contribution is 0.104. The van der Waals surface area contributed by atoms with Crippen LogP contribution in [0.15, 0.2) is 59.6 Å². The second kappa shape index (κ2) is 7.79. The Bertz CT molecular complexity index is 781. The molecule has 0 aliphatic carbocycles. The molecule has 0 saturated heterocycles. The van der Waals surface area contributed by atoms with Crippen LogP contribution in [0.1, 0.15) is 15.9 Å². The van der Waals surface area contributed by atoms with Crippen molar-refractivity contribution in [1.82, 2.24) is 0 Å². The lowest BCUT2D eigenvalue weighted by atomic mass is 10.1. The van der Waals surface area contributed by atoms with Gasteiger partial charge in [-0.05, 0) is 48.0 Å². The summed E-state index contributed by atoms with van der Waals surface area (Å²) in [5.74, 6) is 1.20. The number of ether oxygens (including phenoxy) is 2. The summed E-state index contributed by atoms with van der Waals surface area (Å²) in [6, 6.07) is 14.3. The standard InChI is InChI=1S/C19H16ClNO3/c20-16-3-1-2-14(12-16)4-9-18(22)15-5-7-17(8-6-15)24-13-19-21-10-11-23-19/h1-9,12H,10-11,13H2/b9-4+. The summed E-state index contributed by atoms with van der Waals surface area (Å²) in [6.07, 6.45) is 3.27. The van der Waals surface area contributed by atoms with Gasteiger partial charge in [0.25, 0.3) is 0 Å². The molecule has 0 N–H and O–H groups in total. The molecular formula is C19H16ClNO3. The zero-order valence-electron chi connectivity index (χ0n) is 12.9. The van der Waals surface area contributed by atoms with Crippen LogP contribution in [0.3, 0.4) is 0 Å². The molecule has 2 aromatic carbocycles. The average molecular weight is 342 g/mol. The fourth-order valence-corrected chi connectivity index (χ4v) is 2.40. The second-order valence-corrected chi connectivity index (χ2v) is 5.63. The van der Waals surface area contributed by atoms with Crippen LogP contribution in [0.4, 0.5) is 0 Å².